The quantitative estimate of drug-likeness (QED) is 0.357. The Labute approximate surface area is 175 Å². The second kappa shape index (κ2) is 10.3. The Bertz CT molecular complexity index is 953. The Morgan fingerprint density at radius 1 is 0.517 bits per heavy atom. The summed E-state index contributed by atoms with van der Waals surface area (Å²) in [4.78, 5) is 44.3. The third-order valence-corrected chi connectivity index (χ3v) is 3.85. The van der Waals surface area contributed by atoms with Crippen molar-refractivity contribution in [2.24, 2.45) is 0 Å². The molecule has 0 bridgehead atoms. The maximum absolute atomic E-state index is 11.2. The summed E-state index contributed by atoms with van der Waals surface area (Å²) in [5, 5.41) is 22.4. The van der Waals surface area contributed by atoms with E-state index in [4.69, 9.17) is 0 Å². The molecule has 0 spiro atoms. The van der Waals surface area contributed by atoms with Crippen LogP contribution in [-0.4, -0.2) is 34.1 Å². The van der Waals surface area contributed by atoms with E-state index in [1.807, 2.05) is 0 Å². The van der Waals surface area contributed by atoms with Gasteiger partial charge in [0, 0.05) is 11.1 Å². The molecule has 2 aromatic carbocycles. The van der Waals surface area contributed by atoms with Crippen LogP contribution in [0.1, 0.15) is 31.8 Å². The minimum Gasteiger partial charge on any atom is -0.872 e. The molecule has 0 fully saturated rings. The van der Waals surface area contributed by atoms with Crippen molar-refractivity contribution in [2.45, 2.75) is 0 Å². The first kappa shape index (κ1) is 25.6. The van der Waals surface area contributed by atoms with E-state index in [-0.39, 0.29) is 50.7 Å². The number of fused-ring (bicyclic) bond motifs is 2. The molecule has 0 atom stereocenters. The molecule has 2 aliphatic rings. The molecule has 153 valence electrons. The Morgan fingerprint density at radius 3 is 1.10 bits per heavy atom. The van der Waals surface area contributed by atoms with Gasteiger partial charge in [-0.2, -0.15) is 0 Å². The van der Waals surface area contributed by atoms with E-state index in [1.165, 1.54) is 12.1 Å². The van der Waals surface area contributed by atoms with Crippen LogP contribution >= 0.6 is 0 Å². The molecule has 2 aromatic rings. The van der Waals surface area contributed by atoms with Crippen LogP contribution in [0.4, 0.5) is 0 Å². The Balaban J connectivity index is 0.000000490. The van der Waals surface area contributed by atoms with Crippen LogP contribution < -0.4 is 10.2 Å². The summed E-state index contributed by atoms with van der Waals surface area (Å²) in [5.74, 6) is -3.45. The van der Waals surface area contributed by atoms with Crippen molar-refractivity contribution < 1.29 is 57.4 Å². The molecule has 0 aliphatic heterocycles. The number of allylic oxidation sites excluding steroid dienone is 2. The number of Topliss-reactive ketones (excluding diaryl/α,β-unsaturated/α-hetero) is 2. The smallest absolute Gasteiger partial charge is 0.872 e. The van der Waals surface area contributed by atoms with E-state index in [1.54, 1.807) is 36.4 Å². The topological polar surface area (TPSA) is 177 Å². The second-order valence-corrected chi connectivity index (χ2v) is 5.50. The summed E-state index contributed by atoms with van der Waals surface area (Å²) >= 11 is 0. The molecule has 4 rings (SSSR count). The third-order valence-electron chi connectivity index (χ3n) is 3.85. The van der Waals surface area contributed by atoms with E-state index in [0.29, 0.717) is 11.1 Å². The molecular formula is C20H14CuO8. The number of carbonyl (C=O) groups excluding carboxylic acids is 4. The zero-order valence-corrected chi connectivity index (χ0v) is 15.5. The fourth-order valence-corrected chi connectivity index (χ4v) is 2.58. The minimum absolute atomic E-state index is 0. The number of hydrogen-bond acceptors (Lipinski definition) is 6. The van der Waals surface area contributed by atoms with E-state index in [0.717, 1.165) is 12.2 Å². The van der Waals surface area contributed by atoms with Gasteiger partial charge < -0.3 is 21.2 Å². The third kappa shape index (κ3) is 4.92. The molecule has 9 heteroatoms. The van der Waals surface area contributed by atoms with Crippen LogP contribution in [0, 0.1) is 0 Å². The first-order chi connectivity index (χ1) is 12.4. The maximum atomic E-state index is 11.2. The molecule has 0 heterocycles. The average Bonchev–Trinajstić information content (AvgIpc) is 2.65. The van der Waals surface area contributed by atoms with Gasteiger partial charge >= 0.3 is 17.1 Å². The molecule has 29 heavy (non-hydrogen) atoms. The number of benzene rings is 2. The molecule has 0 aromatic heterocycles. The van der Waals surface area contributed by atoms with Crippen molar-refractivity contribution in [2.75, 3.05) is 0 Å². The number of ketones is 4. The largest absolute Gasteiger partial charge is 2.00 e. The Kier molecular flexibility index (Phi) is 9.07. The molecule has 0 unspecified atom stereocenters. The van der Waals surface area contributed by atoms with Crippen molar-refractivity contribution in [1.29, 1.82) is 0 Å². The van der Waals surface area contributed by atoms with Crippen LogP contribution in [0.3, 0.4) is 0 Å². The second-order valence-electron chi connectivity index (χ2n) is 5.50. The van der Waals surface area contributed by atoms with E-state index in [9.17, 15) is 29.4 Å². The Hall–Kier alpha value is -3.36. The summed E-state index contributed by atoms with van der Waals surface area (Å²) in [5.41, 5.74) is 1.04. The predicted octanol–water partition coefficient (Wildman–Crippen LogP) is -1.35. The normalized spacial score (nSPS) is 13.7. The number of carbonyl (C=O) groups is 4. The standard InChI is InChI=1S/2C10H6O3.Cu.2H2O/c2*11-8-5-9(12)10(13)7-4-2-1-3-6(7)8;;;/h2*1-5,11H;;2*1H2/q;;+2;;/p-2. The summed E-state index contributed by atoms with van der Waals surface area (Å²) in [6, 6.07) is 12.6. The monoisotopic (exact) mass is 445 g/mol. The van der Waals surface area contributed by atoms with Gasteiger partial charge in [0.25, 0.3) is 0 Å². The van der Waals surface area contributed by atoms with Crippen molar-refractivity contribution in [3.8, 4) is 0 Å². The van der Waals surface area contributed by atoms with Gasteiger partial charge in [-0.3, -0.25) is 19.2 Å². The fourth-order valence-electron chi connectivity index (χ4n) is 2.58. The van der Waals surface area contributed by atoms with Gasteiger partial charge in [0.1, 0.15) is 0 Å². The van der Waals surface area contributed by atoms with Crippen LogP contribution in [0.2, 0.25) is 0 Å². The van der Waals surface area contributed by atoms with Crippen molar-refractivity contribution in [3.63, 3.8) is 0 Å². The summed E-state index contributed by atoms with van der Waals surface area (Å²) in [6.07, 6.45) is 1.68. The van der Waals surface area contributed by atoms with Crippen molar-refractivity contribution in [1.82, 2.24) is 0 Å². The van der Waals surface area contributed by atoms with Crippen LogP contribution in [0.5, 0.6) is 0 Å². The zero-order chi connectivity index (χ0) is 18.8. The summed E-state index contributed by atoms with van der Waals surface area (Å²) in [6.45, 7) is 0. The molecule has 0 saturated heterocycles. The molecule has 4 N–H and O–H groups in total. The summed E-state index contributed by atoms with van der Waals surface area (Å²) < 4.78 is 0. The zero-order valence-electron chi connectivity index (χ0n) is 14.5. The predicted molar refractivity (Wildman–Crippen MR) is 94.7 cm³/mol. The van der Waals surface area contributed by atoms with Crippen LogP contribution in [0.25, 0.3) is 11.5 Å². The van der Waals surface area contributed by atoms with Gasteiger partial charge in [-0.05, 0) is 23.3 Å². The van der Waals surface area contributed by atoms with Gasteiger partial charge in [-0.25, -0.2) is 0 Å². The number of hydrogen-bond donors (Lipinski definition) is 0. The van der Waals surface area contributed by atoms with Crippen LogP contribution in [0.15, 0.2) is 60.7 Å². The van der Waals surface area contributed by atoms with Crippen molar-refractivity contribution in [3.05, 3.63) is 82.9 Å². The molecule has 0 amide bonds. The SMILES string of the molecule is O.O.O=C1C=C([O-])c2ccccc2C1=O.O=C1C=C([O-])c2ccccc2C1=O.[Cu+2]. The van der Waals surface area contributed by atoms with Gasteiger partial charge in [0.2, 0.25) is 23.1 Å². The van der Waals surface area contributed by atoms with Gasteiger partial charge in [0.05, 0.1) is 0 Å². The maximum Gasteiger partial charge on any atom is 2.00 e. The minimum atomic E-state index is -0.733. The summed E-state index contributed by atoms with van der Waals surface area (Å²) in [7, 11) is 0. The first-order valence-corrected chi connectivity index (χ1v) is 7.53. The Morgan fingerprint density at radius 2 is 0.793 bits per heavy atom. The molecule has 2 aliphatic carbocycles. The van der Waals surface area contributed by atoms with Gasteiger partial charge in [-0.1, -0.05) is 60.0 Å². The fraction of sp³-hybridized carbons (Fsp3) is 0. The molecular weight excluding hydrogens is 432 g/mol. The molecule has 8 nitrogen and oxygen atoms in total. The van der Waals surface area contributed by atoms with Gasteiger partial charge in [-0.15, -0.1) is 0 Å². The number of rotatable bonds is 0. The van der Waals surface area contributed by atoms with Gasteiger partial charge in [0.15, 0.2) is 0 Å². The first-order valence-electron chi connectivity index (χ1n) is 7.53. The van der Waals surface area contributed by atoms with Crippen molar-refractivity contribution >= 4 is 34.7 Å². The van der Waals surface area contributed by atoms with E-state index < -0.39 is 23.1 Å². The van der Waals surface area contributed by atoms with Crippen LogP contribution in [-0.2, 0) is 26.7 Å². The molecule has 1 radical (unpaired) electrons. The van der Waals surface area contributed by atoms with E-state index in [2.05, 4.69) is 0 Å². The average molecular weight is 446 g/mol. The molecule has 0 saturated carbocycles. The van der Waals surface area contributed by atoms with E-state index >= 15 is 0 Å².